The van der Waals surface area contributed by atoms with Crippen molar-refractivity contribution in [3.8, 4) is 34.3 Å². The van der Waals surface area contributed by atoms with Gasteiger partial charge in [0.25, 0.3) is 0 Å². The third kappa shape index (κ3) is 4.88. The molecule has 9 nitrogen and oxygen atoms in total. The van der Waals surface area contributed by atoms with Gasteiger partial charge in [-0.1, -0.05) is 36.7 Å². The van der Waals surface area contributed by atoms with E-state index in [9.17, 15) is 0 Å². The van der Waals surface area contributed by atoms with Crippen molar-refractivity contribution in [1.82, 2.24) is 29.9 Å². The molecule has 0 radical (unpaired) electrons. The molecule has 0 amide bonds. The fraction of sp³-hybridized carbons (Fsp3) is 0.400. The lowest BCUT2D eigenvalue weighted by molar-refractivity contribution is 0.247. The number of rotatable bonds is 8. The number of nitrogens with zero attached hydrogens (tertiary/aromatic N) is 6. The van der Waals surface area contributed by atoms with E-state index in [1.54, 1.807) is 32.2 Å². The minimum atomic E-state index is 0.349. The Morgan fingerprint density at radius 3 is 2.69 bits per heavy atom. The highest BCUT2D eigenvalue weighted by Gasteiger charge is 2.29. The van der Waals surface area contributed by atoms with Gasteiger partial charge in [0.05, 0.1) is 20.0 Å². The van der Waals surface area contributed by atoms with Crippen molar-refractivity contribution in [2.75, 3.05) is 14.2 Å². The maximum absolute atomic E-state index is 5.55. The average Bonchev–Trinajstić information content (AvgIpc) is 3.55. The monoisotopic (exact) mass is 492 g/mol. The SMILES string of the molecule is COc1ccc(-c2noc(CSc3nnc(-c4cccnc4)n3[C@@H]3CCCC[C@@H]3C)n2)cc1OC. The largest absolute Gasteiger partial charge is 0.493 e. The summed E-state index contributed by atoms with van der Waals surface area (Å²) in [6.45, 7) is 2.32. The molecular weight excluding hydrogens is 464 g/mol. The average molecular weight is 493 g/mol. The third-order valence-corrected chi connectivity index (χ3v) is 7.34. The maximum atomic E-state index is 5.55. The molecule has 3 heterocycles. The van der Waals surface area contributed by atoms with Gasteiger partial charge in [-0.3, -0.25) is 9.55 Å². The number of pyridine rings is 1. The molecule has 1 aliphatic carbocycles. The van der Waals surface area contributed by atoms with Crippen LogP contribution in [0.15, 0.2) is 52.4 Å². The summed E-state index contributed by atoms with van der Waals surface area (Å²) in [5, 5.41) is 14.1. The summed E-state index contributed by atoms with van der Waals surface area (Å²) in [4.78, 5) is 8.87. The van der Waals surface area contributed by atoms with Crippen LogP contribution in [0.1, 0.15) is 44.5 Å². The highest BCUT2D eigenvalue weighted by Crippen LogP contribution is 2.39. The van der Waals surface area contributed by atoms with Crippen LogP contribution in [-0.4, -0.2) is 44.1 Å². The van der Waals surface area contributed by atoms with Crippen molar-refractivity contribution >= 4 is 11.8 Å². The molecule has 0 aliphatic heterocycles. The molecule has 1 aliphatic rings. The van der Waals surface area contributed by atoms with Crippen molar-refractivity contribution in [2.45, 2.75) is 49.6 Å². The zero-order chi connectivity index (χ0) is 24.2. The number of hydrogen-bond acceptors (Lipinski definition) is 9. The molecule has 1 fully saturated rings. The fourth-order valence-electron chi connectivity index (χ4n) is 4.58. The van der Waals surface area contributed by atoms with E-state index in [0.717, 1.165) is 28.5 Å². The molecule has 0 spiro atoms. The Bertz CT molecular complexity index is 1280. The first kappa shape index (κ1) is 23.3. The second kappa shape index (κ2) is 10.5. The van der Waals surface area contributed by atoms with E-state index in [2.05, 4.69) is 36.8 Å². The standard InChI is InChI=1S/C25H28N6O3S/c1-16-7-4-5-9-19(16)31-24(18-8-6-12-26-14-18)28-29-25(31)35-15-22-27-23(30-34-22)17-10-11-20(32-2)21(13-17)33-3/h6,8,10-14,16,19H,4-5,7,9,15H2,1-3H3/t16-,19+/m0/s1. The van der Waals surface area contributed by atoms with Crippen LogP contribution >= 0.6 is 11.8 Å². The molecule has 10 heteroatoms. The Labute approximate surface area is 208 Å². The highest BCUT2D eigenvalue weighted by molar-refractivity contribution is 7.98. The molecule has 5 rings (SSSR count). The lowest BCUT2D eigenvalue weighted by Gasteiger charge is -2.31. The summed E-state index contributed by atoms with van der Waals surface area (Å²) in [6.07, 6.45) is 8.42. The molecule has 35 heavy (non-hydrogen) atoms. The van der Waals surface area contributed by atoms with Crippen molar-refractivity contribution in [2.24, 2.45) is 5.92 Å². The molecule has 0 N–H and O–H groups in total. The van der Waals surface area contributed by atoms with Crippen LogP contribution in [-0.2, 0) is 5.75 Å². The minimum Gasteiger partial charge on any atom is -0.493 e. The quantitative estimate of drug-likeness (QED) is 0.297. The Kier molecular flexibility index (Phi) is 6.98. The number of hydrogen-bond donors (Lipinski definition) is 0. The normalized spacial score (nSPS) is 17.9. The zero-order valence-electron chi connectivity index (χ0n) is 20.0. The lowest BCUT2D eigenvalue weighted by atomic mass is 9.85. The van der Waals surface area contributed by atoms with E-state index in [1.807, 2.05) is 36.5 Å². The van der Waals surface area contributed by atoms with Crippen molar-refractivity contribution < 1.29 is 14.0 Å². The molecule has 2 atom stereocenters. The molecule has 1 aromatic carbocycles. The van der Waals surface area contributed by atoms with Crippen molar-refractivity contribution in [3.63, 3.8) is 0 Å². The van der Waals surface area contributed by atoms with Crippen molar-refractivity contribution in [3.05, 3.63) is 48.6 Å². The van der Waals surface area contributed by atoms with Crippen LogP contribution in [0.5, 0.6) is 11.5 Å². The van der Waals surface area contributed by atoms with Gasteiger partial charge in [-0.25, -0.2) is 0 Å². The van der Waals surface area contributed by atoms with E-state index in [0.29, 0.717) is 40.9 Å². The van der Waals surface area contributed by atoms with Gasteiger partial charge in [0.15, 0.2) is 22.5 Å². The topological polar surface area (TPSA) is 101 Å². The molecule has 0 bridgehead atoms. The molecule has 4 aromatic rings. The zero-order valence-corrected chi connectivity index (χ0v) is 20.9. The predicted octanol–water partition coefficient (Wildman–Crippen LogP) is 5.45. The number of ether oxygens (including phenoxy) is 2. The van der Waals surface area contributed by atoms with E-state index in [-0.39, 0.29) is 0 Å². The molecule has 0 saturated heterocycles. The van der Waals surface area contributed by atoms with Gasteiger partial charge in [-0.05, 0) is 49.1 Å². The maximum Gasteiger partial charge on any atom is 0.237 e. The van der Waals surface area contributed by atoms with Gasteiger partial charge in [0, 0.05) is 29.6 Å². The predicted molar refractivity (Wildman–Crippen MR) is 132 cm³/mol. The van der Waals surface area contributed by atoms with Gasteiger partial charge in [0.2, 0.25) is 11.7 Å². The molecule has 182 valence electrons. The smallest absolute Gasteiger partial charge is 0.237 e. The summed E-state index contributed by atoms with van der Waals surface area (Å²) in [6, 6.07) is 9.85. The number of aromatic nitrogens is 6. The summed E-state index contributed by atoms with van der Waals surface area (Å²) in [5.74, 6) is 4.19. The number of thioether (sulfide) groups is 1. The Balaban J connectivity index is 1.39. The van der Waals surface area contributed by atoms with Crippen LogP contribution in [0.3, 0.4) is 0 Å². The Morgan fingerprint density at radius 1 is 1.06 bits per heavy atom. The summed E-state index contributed by atoms with van der Waals surface area (Å²) < 4.78 is 18.5. The molecule has 3 aromatic heterocycles. The molecule has 1 saturated carbocycles. The first-order valence-electron chi connectivity index (χ1n) is 11.7. The van der Waals surface area contributed by atoms with E-state index < -0.39 is 0 Å². The van der Waals surface area contributed by atoms with Crippen LogP contribution < -0.4 is 9.47 Å². The molecule has 0 unspecified atom stereocenters. The number of benzene rings is 1. The second-order valence-electron chi connectivity index (χ2n) is 8.62. The first-order valence-corrected chi connectivity index (χ1v) is 12.7. The van der Waals surface area contributed by atoms with Gasteiger partial charge in [-0.2, -0.15) is 4.98 Å². The Hall–Kier alpha value is -3.40. The van der Waals surface area contributed by atoms with Gasteiger partial charge in [-0.15, -0.1) is 10.2 Å². The van der Waals surface area contributed by atoms with Crippen molar-refractivity contribution in [1.29, 1.82) is 0 Å². The first-order chi connectivity index (χ1) is 17.2. The highest BCUT2D eigenvalue weighted by atomic mass is 32.2. The lowest BCUT2D eigenvalue weighted by Crippen LogP contribution is -2.22. The van der Waals surface area contributed by atoms with Gasteiger partial charge < -0.3 is 14.0 Å². The fourth-order valence-corrected chi connectivity index (χ4v) is 5.41. The number of methoxy groups -OCH3 is 2. The van der Waals surface area contributed by atoms with E-state index in [1.165, 1.54) is 19.3 Å². The van der Waals surface area contributed by atoms with Crippen LogP contribution in [0, 0.1) is 5.92 Å². The summed E-state index contributed by atoms with van der Waals surface area (Å²) in [7, 11) is 3.21. The van der Waals surface area contributed by atoms with E-state index >= 15 is 0 Å². The second-order valence-corrected chi connectivity index (χ2v) is 9.56. The minimum absolute atomic E-state index is 0.349. The van der Waals surface area contributed by atoms with Crippen LogP contribution in [0.2, 0.25) is 0 Å². The Morgan fingerprint density at radius 2 is 1.91 bits per heavy atom. The summed E-state index contributed by atoms with van der Waals surface area (Å²) >= 11 is 1.56. The summed E-state index contributed by atoms with van der Waals surface area (Å²) in [5.41, 5.74) is 1.76. The van der Waals surface area contributed by atoms with E-state index in [4.69, 9.17) is 14.0 Å². The molecular formula is C25H28N6O3S. The third-order valence-electron chi connectivity index (χ3n) is 6.42. The van der Waals surface area contributed by atoms with Gasteiger partial charge >= 0.3 is 0 Å². The van der Waals surface area contributed by atoms with Crippen LogP contribution in [0.4, 0.5) is 0 Å². The van der Waals surface area contributed by atoms with Crippen LogP contribution in [0.25, 0.3) is 22.8 Å². The van der Waals surface area contributed by atoms with Gasteiger partial charge in [0.1, 0.15) is 0 Å².